The summed E-state index contributed by atoms with van der Waals surface area (Å²) >= 11 is 1.75. The summed E-state index contributed by atoms with van der Waals surface area (Å²) in [7, 11) is 0. The Hall–Kier alpha value is -0.630. The van der Waals surface area contributed by atoms with Gasteiger partial charge < -0.3 is 4.74 Å². The molecular formula is C12H18OS. The maximum Gasteiger partial charge on any atom is 0.135 e. The average Bonchev–Trinajstić information content (AvgIpc) is 2.21. The van der Waals surface area contributed by atoms with Gasteiger partial charge in [0.1, 0.15) is 5.75 Å². The monoisotopic (exact) mass is 210 g/mol. The van der Waals surface area contributed by atoms with Crippen molar-refractivity contribution in [3.8, 4) is 5.75 Å². The van der Waals surface area contributed by atoms with Crippen molar-refractivity contribution in [1.82, 2.24) is 0 Å². The van der Waals surface area contributed by atoms with Crippen LogP contribution in [0.1, 0.15) is 25.8 Å². The van der Waals surface area contributed by atoms with Crippen LogP contribution in [0.5, 0.6) is 5.75 Å². The summed E-state index contributed by atoms with van der Waals surface area (Å²) in [6, 6.07) is 6.39. The van der Waals surface area contributed by atoms with Crippen LogP contribution in [0.15, 0.2) is 23.1 Å². The van der Waals surface area contributed by atoms with Gasteiger partial charge in [-0.05, 0) is 31.2 Å². The minimum Gasteiger partial charge on any atom is -0.492 e. The molecule has 78 valence electrons. The number of aryl methyl sites for hydroxylation is 1. The molecule has 0 N–H and O–H groups in total. The molecule has 14 heavy (non-hydrogen) atoms. The van der Waals surface area contributed by atoms with E-state index in [-0.39, 0.29) is 0 Å². The fraction of sp³-hybridized carbons (Fsp3) is 0.500. The van der Waals surface area contributed by atoms with Crippen LogP contribution < -0.4 is 4.74 Å². The standard InChI is InChI=1S/C12H18OS/c1-4-7-10-8-6-9-11(14-3)12(10)13-5-2/h6,8-9H,4-5,7H2,1-3H3. The van der Waals surface area contributed by atoms with E-state index in [0.29, 0.717) is 0 Å². The van der Waals surface area contributed by atoms with Gasteiger partial charge in [-0.15, -0.1) is 11.8 Å². The van der Waals surface area contributed by atoms with Gasteiger partial charge in [0, 0.05) is 4.90 Å². The van der Waals surface area contributed by atoms with Crippen molar-refractivity contribution in [3.05, 3.63) is 23.8 Å². The third-order valence-electron chi connectivity index (χ3n) is 2.09. The summed E-state index contributed by atoms with van der Waals surface area (Å²) in [6.45, 7) is 4.97. The van der Waals surface area contributed by atoms with Crippen molar-refractivity contribution >= 4 is 11.8 Å². The minimum atomic E-state index is 0.744. The Morgan fingerprint density at radius 1 is 1.29 bits per heavy atom. The molecule has 1 aromatic rings. The van der Waals surface area contributed by atoms with Crippen molar-refractivity contribution in [2.75, 3.05) is 12.9 Å². The van der Waals surface area contributed by atoms with Gasteiger partial charge in [0.2, 0.25) is 0 Å². The highest BCUT2D eigenvalue weighted by molar-refractivity contribution is 7.98. The summed E-state index contributed by atoms with van der Waals surface area (Å²) in [4.78, 5) is 1.25. The summed E-state index contributed by atoms with van der Waals surface area (Å²) in [5, 5.41) is 0. The largest absolute Gasteiger partial charge is 0.492 e. The van der Waals surface area contributed by atoms with Crippen LogP contribution in [-0.2, 0) is 6.42 Å². The predicted molar refractivity (Wildman–Crippen MR) is 63.4 cm³/mol. The van der Waals surface area contributed by atoms with Crippen LogP contribution in [0.2, 0.25) is 0 Å². The Balaban J connectivity index is 3.00. The molecule has 0 unspecified atom stereocenters. The predicted octanol–water partition coefficient (Wildman–Crippen LogP) is 3.76. The van der Waals surface area contributed by atoms with E-state index < -0.39 is 0 Å². The summed E-state index contributed by atoms with van der Waals surface area (Å²) in [5.41, 5.74) is 1.33. The lowest BCUT2D eigenvalue weighted by atomic mass is 10.1. The third kappa shape index (κ3) is 2.68. The van der Waals surface area contributed by atoms with Gasteiger partial charge in [0.05, 0.1) is 6.61 Å². The van der Waals surface area contributed by atoms with Gasteiger partial charge in [-0.2, -0.15) is 0 Å². The van der Waals surface area contributed by atoms with Gasteiger partial charge in [0.15, 0.2) is 0 Å². The van der Waals surface area contributed by atoms with Crippen LogP contribution in [0.25, 0.3) is 0 Å². The van der Waals surface area contributed by atoms with Crippen LogP contribution >= 0.6 is 11.8 Å². The first-order valence-electron chi connectivity index (χ1n) is 5.12. The lowest BCUT2D eigenvalue weighted by molar-refractivity contribution is 0.328. The average molecular weight is 210 g/mol. The SMILES string of the molecule is CCCc1cccc(SC)c1OCC. The van der Waals surface area contributed by atoms with E-state index in [0.717, 1.165) is 25.2 Å². The van der Waals surface area contributed by atoms with E-state index in [1.165, 1.54) is 10.5 Å². The van der Waals surface area contributed by atoms with E-state index in [1.807, 2.05) is 6.92 Å². The molecule has 0 bridgehead atoms. The Kier molecular flexibility index (Phi) is 4.88. The third-order valence-corrected chi connectivity index (χ3v) is 2.85. The smallest absolute Gasteiger partial charge is 0.135 e. The molecule has 0 radical (unpaired) electrons. The van der Waals surface area contributed by atoms with E-state index in [4.69, 9.17) is 4.74 Å². The van der Waals surface area contributed by atoms with E-state index in [1.54, 1.807) is 11.8 Å². The Morgan fingerprint density at radius 2 is 2.07 bits per heavy atom. The molecule has 0 saturated heterocycles. The zero-order chi connectivity index (χ0) is 10.4. The molecule has 0 atom stereocenters. The first-order valence-corrected chi connectivity index (χ1v) is 6.34. The van der Waals surface area contributed by atoms with Crippen molar-refractivity contribution in [1.29, 1.82) is 0 Å². The highest BCUT2D eigenvalue weighted by Crippen LogP contribution is 2.31. The van der Waals surface area contributed by atoms with Gasteiger partial charge in [0.25, 0.3) is 0 Å². The van der Waals surface area contributed by atoms with E-state index in [9.17, 15) is 0 Å². The molecule has 0 spiro atoms. The first-order chi connectivity index (χ1) is 6.83. The quantitative estimate of drug-likeness (QED) is 0.684. The summed E-state index contributed by atoms with van der Waals surface area (Å²) in [5.74, 6) is 1.09. The molecule has 0 amide bonds. The molecule has 0 aliphatic heterocycles. The lowest BCUT2D eigenvalue weighted by Crippen LogP contribution is -1.98. The second-order valence-corrected chi connectivity index (χ2v) is 3.98. The normalized spacial score (nSPS) is 10.2. The maximum atomic E-state index is 5.69. The molecule has 1 nitrogen and oxygen atoms in total. The van der Waals surface area contributed by atoms with Crippen molar-refractivity contribution in [3.63, 3.8) is 0 Å². The first kappa shape index (κ1) is 11.4. The van der Waals surface area contributed by atoms with Gasteiger partial charge in [-0.1, -0.05) is 25.5 Å². The maximum absolute atomic E-state index is 5.69. The molecular weight excluding hydrogens is 192 g/mol. The van der Waals surface area contributed by atoms with Crippen LogP contribution in [0.4, 0.5) is 0 Å². The fourth-order valence-corrected chi connectivity index (χ4v) is 2.09. The molecule has 0 fully saturated rings. The number of ether oxygens (including phenoxy) is 1. The van der Waals surface area contributed by atoms with Crippen LogP contribution in [-0.4, -0.2) is 12.9 Å². The van der Waals surface area contributed by atoms with Gasteiger partial charge in [-0.3, -0.25) is 0 Å². The number of thioether (sulfide) groups is 1. The number of hydrogen-bond acceptors (Lipinski definition) is 2. The fourth-order valence-electron chi connectivity index (χ4n) is 1.50. The molecule has 1 aromatic carbocycles. The molecule has 0 saturated carbocycles. The van der Waals surface area contributed by atoms with E-state index >= 15 is 0 Å². The summed E-state index contributed by atoms with van der Waals surface area (Å²) in [6.07, 6.45) is 4.36. The minimum absolute atomic E-state index is 0.744. The zero-order valence-electron chi connectivity index (χ0n) is 9.17. The van der Waals surface area contributed by atoms with Crippen molar-refractivity contribution in [2.45, 2.75) is 31.6 Å². The topological polar surface area (TPSA) is 9.23 Å². The Bertz CT molecular complexity index is 284. The number of para-hydroxylation sites is 1. The number of rotatable bonds is 5. The van der Waals surface area contributed by atoms with E-state index in [2.05, 4.69) is 31.4 Å². The number of hydrogen-bond donors (Lipinski definition) is 0. The van der Waals surface area contributed by atoms with Crippen LogP contribution in [0, 0.1) is 0 Å². The highest BCUT2D eigenvalue weighted by atomic mass is 32.2. The molecule has 0 aliphatic rings. The number of benzene rings is 1. The molecule has 0 aromatic heterocycles. The summed E-state index contributed by atoms with van der Waals surface area (Å²) < 4.78 is 5.69. The highest BCUT2D eigenvalue weighted by Gasteiger charge is 2.07. The Labute approximate surface area is 90.9 Å². The molecule has 0 heterocycles. The second kappa shape index (κ2) is 5.97. The van der Waals surface area contributed by atoms with Crippen molar-refractivity contribution < 1.29 is 4.74 Å². The van der Waals surface area contributed by atoms with Crippen LogP contribution in [0.3, 0.4) is 0 Å². The Morgan fingerprint density at radius 3 is 2.64 bits per heavy atom. The second-order valence-electron chi connectivity index (χ2n) is 3.13. The molecule has 1 rings (SSSR count). The molecule has 2 heteroatoms. The zero-order valence-corrected chi connectivity index (χ0v) is 9.99. The van der Waals surface area contributed by atoms with Crippen molar-refractivity contribution in [2.24, 2.45) is 0 Å². The van der Waals surface area contributed by atoms with Gasteiger partial charge >= 0.3 is 0 Å². The lowest BCUT2D eigenvalue weighted by Gasteiger charge is -2.12. The molecule has 0 aliphatic carbocycles. The van der Waals surface area contributed by atoms with Gasteiger partial charge in [-0.25, -0.2) is 0 Å².